The van der Waals surface area contributed by atoms with E-state index < -0.39 is 0 Å². The summed E-state index contributed by atoms with van der Waals surface area (Å²) in [6.45, 7) is 6.81. The summed E-state index contributed by atoms with van der Waals surface area (Å²) in [6.07, 6.45) is 14.0. The number of hydrogen-bond acceptors (Lipinski definition) is 0. The number of fused-ring (bicyclic) bond motifs is 6. The molecule has 0 radical (unpaired) electrons. The Morgan fingerprint density at radius 3 is 1.95 bits per heavy atom. The molecule has 2 heterocycles. The minimum atomic E-state index is 0.108. The molecule has 2 aliphatic carbocycles. The molecule has 8 aromatic rings. The van der Waals surface area contributed by atoms with Gasteiger partial charge in [0.2, 0.25) is 0 Å². The second-order valence-electron chi connectivity index (χ2n) is 15.8. The van der Waals surface area contributed by atoms with Crippen LogP contribution in [0.4, 0.5) is 0 Å². The van der Waals surface area contributed by atoms with Crippen LogP contribution in [0.2, 0.25) is 0 Å². The zero-order chi connectivity index (χ0) is 37.1. The van der Waals surface area contributed by atoms with Crippen LogP contribution < -0.4 is 0 Å². The number of nitrogens with zero attached hydrogens (tertiary/aromatic N) is 2. The number of allylic oxidation sites excluding steroid dienone is 5. The maximum absolute atomic E-state index is 3.57. The Labute approximate surface area is 323 Å². The van der Waals surface area contributed by atoms with Gasteiger partial charge in [0, 0.05) is 39.3 Å². The molecule has 0 bridgehead atoms. The van der Waals surface area contributed by atoms with Gasteiger partial charge >= 0.3 is 0 Å². The molecule has 10 rings (SSSR count). The SMILES string of the molecule is CC(C)(C)c1ccc(-c2ccccc2-n2c3ccccc3c3cc(-c4ccc5c(c4)c4c(n5-c5ccccc5C5=CC=CCC5)C#CCC=C4)ccc32)cc1. The smallest absolute Gasteiger partial charge is 0.105 e. The van der Waals surface area contributed by atoms with E-state index in [0.717, 1.165) is 25.0 Å². The van der Waals surface area contributed by atoms with E-state index in [0.29, 0.717) is 0 Å². The van der Waals surface area contributed by atoms with Gasteiger partial charge in [0.05, 0.1) is 27.9 Å². The Hall–Kier alpha value is -6.56. The molecule has 0 saturated carbocycles. The summed E-state index contributed by atoms with van der Waals surface area (Å²) in [5, 5.41) is 3.72. The number of hydrogen-bond donors (Lipinski definition) is 0. The first kappa shape index (κ1) is 33.0. The van der Waals surface area contributed by atoms with E-state index in [9.17, 15) is 0 Å². The van der Waals surface area contributed by atoms with Crippen molar-refractivity contribution in [2.45, 2.75) is 45.4 Å². The van der Waals surface area contributed by atoms with Gasteiger partial charge < -0.3 is 9.13 Å². The lowest BCUT2D eigenvalue weighted by atomic mass is 9.86. The van der Waals surface area contributed by atoms with Crippen molar-refractivity contribution in [2.24, 2.45) is 0 Å². The first-order valence-electron chi connectivity index (χ1n) is 19.5. The highest BCUT2D eigenvalue weighted by atomic mass is 15.0. The maximum atomic E-state index is 3.57. The molecule has 2 heteroatoms. The second-order valence-corrected chi connectivity index (χ2v) is 15.8. The highest BCUT2D eigenvalue weighted by Crippen LogP contribution is 2.41. The van der Waals surface area contributed by atoms with Crippen LogP contribution in [0.25, 0.3) is 78.0 Å². The average molecular weight is 707 g/mol. The van der Waals surface area contributed by atoms with E-state index in [-0.39, 0.29) is 5.41 Å². The van der Waals surface area contributed by atoms with Crippen molar-refractivity contribution < 1.29 is 0 Å². The number of aromatic nitrogens is 2. The van der Waals surface area contributed by atoms with Gasteiger partial charge in [0.1, 0.15) is 5.69 Å². The Balaban J connectivity index is 1.13. The fourth-order valence-electron chi connectivity index (χ4n) is 8.65. The molecular weight excluding hydrogens is 665 g/mol. The largest absolute Gasteiger partial charge is 0.309 e. The minimum Gasteiger partial charge on any atom is -0.309 e. The fourth-order valence-corrected chi connectivity index (χ4v) is 8.65. The van der Waals surface area contributed by atoms with Gasteiger partial charge in [0.25, 0.3) is 0 Å². The van der Waals surface area contributed by atoms with Crippen LogP contribution in [0.15, 0.2) is 158 Å². The van der Waals surface area contributed by atoms with E-state index in [4.69, 9.17) is 0 Å². The standard InChI is InChI=1S/C53H42N2/c1-53(2,3)40-30-26-37(27-31-40)42-19-11-14-24-48(42)55-50-25-15-12-21-44(50)46-35-39(29-33-52(46)55)38-28-32-51-45(34-38)43-20-8-5-9-22-49(43)54(51)47-23-13-10-18-41(47)36-16-6-4-7-17-36/h4,6,8,10-16,18-21,23-35H,5,7,17H2,1-3H3. The minimum absolute atomic E-state index is 0.108. The number of rotatable bonds is 5. The highest BCUT2D eigenvalue weighted by molar-refractivity contribution is 6.11. The molecule has 55 heavy (non-hydrogen) atoms. The second kappa shape index (κ2) is 13.1. The summed E-state index contributed by atoms with van der Waals surface area (Å²) < 4.78 is 4.85. The van der Waals surface area contributed by atoms with Crippen molar-refractivity contribution in [2.75, 3.05) is 0 Å². The van der Waals surface area contributed by atoms with Gasteiger partial charge in [-0.1, -0.05) is 148 Å². The lowest BCUT2D eigenvalue weighted by Crippen LogP contribution is -2.10. The topological polar surface area (TPSA) is 9.86 Å². The first-order chi connectivity index (χ1) is 26.9. The molecule has 2 nitrogen and oxygen atoms in total. The van der Waals surface area contributed by atoms with Crippen molar-refractivity contribution in [3.8, 4) is 45.5 Å². The predicted octanol–water partition coefficient (Wildman–Crippen LogP) is 13.9. The molecule has 0 unspecified atom stereocenters. The first-order valence-corrected chi connectivity index (χ1v) is 19.5. The summed E-state index contributed by atoms with van der Waals surface area (Å²) in [5.74, 6) is 6.98. The molecule has 0 N–H and O–H groups in total. The molecule has 264 valence electrons. The zero-order valence-corrected chi connectivity index (χ0v) is 31.6. The number of para-hydroxylation sites is 3. The van der Waals surface area contributed by atoms with E-state index in [2.05, 4.69) is 206 Å². The van der Waals surface area contributed by atoms with Crippen LogP contribution in [0.3, 0.4) is 0 Å². The molecule has 0 saturated heterocycles. The summed E-state index contributed by atoms with van der Waals surface area (Å²) in [6, 6.07) is 49.5. The molecule has 0 fully saturated rings. The van der Waals surface area contributed by atoms with Crippen LogP contribution >= 0.6 is 0 Å². The predicted molar refractivity (Wildman–Crippen MR) is 234 cm³/mol. The van der Waals surface area contributed by atoms with Crippen LogP contribution in [0.1, 0.15) is 62.4 Å². The highest BCUT2D eigenvalue weighted by Gasteiger charge is 2.22. The quantitative estimate of drug-likeness (QED) is 0.158. The molecular formula is C53H42N2. The summed E-state index contributed by atoms with van der Waals surface area (Å²) in [7, 11) is 0. The Kier molecular flexibility index (Phi) is 7.86. The van der Waals surface area contributed by atoms with Gasteiger partial charge in [-0.25, -0.2) is 0 Å². The molecule has 0 amide bonds. The molecule has 0 atom stereocenters. The van der Waals surface area contributed by atoms with Crippen molar-refractivity contribution in [1.82, 2.24) is 9.13 Å². The van der Waals surface area contributed by atoms with Gasteiger partial charge in [-0.15, -0.1) is 0 Å². The molecule has 2 aromatic heterocycles. The van der Waals surface area contributed by atoms with Crippen molar-refractivity contribution in [1.29, 1.82) is 0 Å². The number of benzene rings is 6. The van der Waals surface area contributed by atoms with Crippen LogP contribution in [0, 0.1) is 11.8 Å². The van der Waals surface area contributed by atoms with Gasteiger partial charge in [0.15, 0.2) is 0 Å². The summed E-state index contributed by atoms with van der Waals surface area (Å²) >= 11 is 0. The third kappa shape index (κ3) is 5.58. The summed E-state index contributed by atoms with van der Waals surface area (Å²) in [5.41, 5.74) is 17.1. The molecule has 0 aliphatic heterocycles. The fraction of sp³-hybridized carbons (Fsp3) is 0.132. The van der Waals surface area contributed by atoms with Crippen LogP contribution in [0.5, 0.6) is 0 Å². The van der Waals surface area contributed by atoms with Crippen molar-refractivity contribution in [3.05, 3.63) is 180 Å². The third-order valence-corrected chi connectivity index (χ3v) is 11.4. The van der Waals surface area contributed by atoms with Gasteiger partial charge in [-0.05, 0) is 94.5 Å². The zero-order valence-electron chi connectivity index (χ0n) is 31.6. The van der Waals surface area contributed by atoms with E-state index in [1.165, 1.54) is 88.6 Å². The normalized spacial score (nSPS) is 13.8. The lowest BCUT2D eigenvalue weighted by molar-refractivity contribution is 0.590. The molecule has 0 spiro atoms. The van der Waals surface area contributed by atoms with E-state index in [1.807, 2.05) is 0 Å². The van der Waals surface area contributed by atoms with E-state index in [1.54, 1.807) is 0 Å². The van der Waals surface area contributed by atoms with Crippen molar-refractivity contribution >= 4 is 44.4 Å². The van der Waals surface area contributed by atoms with Crippen LogP contribution in [-0.2, 0) is 5.41 Å². The van der Waals surface area contributed by atoms with Gasteiger partial charge in [-0.3, -0.25) is 0 Å². The van der Waals surface area contributed by atoms with Crippen LogP contribution in [-0.4, -0.2) is 9.13 Å². The van der Waals surface area contributed by atoms with E-state index >= 15 is 0 Å². The Morgan fingerprint density at radius 2 is 1.20 bits per heavy atom. The Bertz CT molecular complexity index is 2970. The maximum Gasteiger partial charge on any atom is 0.105 e. The molecule has 2 aliphatic rings. The average Bonchev–Trinajstić information content (AvgIpc) is 3.59. The summed E-state index contributed by atoms with van der Waals surface area (Å²) in [4.78, 5) is 0. The third-order valence-electron chi connectivity index (χ3n) is 11.4. The molecule has 6 aromatic carbocycles. The monoisotopic (exact) mass is 706 g/mol. The Morgan fingerprint density at radius 1 is 0.564 bits per heavy atom. The van der Waals surface area contributed by atoms with Gasteiger partial charge in [-0.2, -0.15) is 0 Å². The van der Waals surface area contributed by atoms with Crippen molar-refractivity contribution in [3.63, 3.8) is 0 Å². The lowest BCUT2D eigenvalue weighted by Gasteiger charge is -2.20.